The van der Waals surface area contributed by atoms with E-state index in [2.05, 4.69) is 5.32 Å². The molecule has 21 heavy (non-hydrogen) atoms. The van der Waals surface area contributed by atoms with Crippen LogP contribution in [-0.2, 0) is 14.3 Å². The molecule has 1 amide bonds. The van der Waals surface area contributed by atoms with Crippen molar-refractivity contribution in [3.8, 4) is 0 Å². The summed E-state index contributed by atoms with van der Waals surface area (Å²) in [5.41, 5.74) is -0.729. The Morgan fingerprint density at radius 2 is 1.57 bits per heavy atom. The van der Waals surface area contributed by atoms with Crippen LogP contribution in [0.4, 0.5) is 0 Å². The van der Waals surface area contributed by atoms with Crippen LogP contribution in [0.5, 0.6) is 0 Å². The summed E-state index contributed by atoms with van der Waals surface area (Å²) in [7, 11) is 0. The average Bonchev–Trinajstić information content (AvgIpc) is 2.36. The van der Waals surface area contributed by atoms with Crippen LogP contribution in [0.1, 0.15) is 53.0 Å². The average molecular weight is 291 g/mol. The predicted molar refractivity (Wildman–Crippen MR) is 82.9 cm³/mol. The van der Waals surface area contributed by atoms with E-state index in [1.165, 1.54) is 0 Å². The molecule has 0 fully saturated rings. The Morgan fingerprint density at radius 1 is 1.05 bits per heavy atom. The minimum Gasteiger partial charge on any atom is -0.458 e. The van der Waals surface area contributed by atoms with Crippen LogP contribution in [0.3, 0.4) is 0 Å². The van der Waals surface area contributed by atoms with Gasteiger partial charge in [-0.25, -0.2) is 4.79 Å². The van der Waals surface area contributed by atoms with Gasteiger partial charge in [-0.3, -0.25) is 4.79 Å². The number of hydrogen-bond acceptors (Lipinski definition) is 3. The van der Waals surface area contributed by atoms with Gasteiger partial charge in [0.05, 0.1) is 5.92 Å². The number of esters is 1. The van der Waals surface area contributed by atoms with E-state index in [1.54, 1.807) is 34.6 Å². The second-order valence-electron chi connectivity index (χ2n) is 6.75. The third-order valence-corrected chi connectivity index (χ3v) is 3.04. The van der Waals surface area contributed by atoms with Crippen LogP contribution in [0, 0.1) is 0 Å². The Morgan fingerprint density at radius 3 is 2.05 bits per heavy atom. The first-order valence-corrected chi connectivity index (χ1v) is 7.13. The highest BCUT2D eigenvalue weighted by Gasteiger charge is 2.35. The molecular weight excluding hydrogens is 266 g/mol. The molecule has 0 saturated heterocycles. The molecule has 1 unspecified atom stereocenters. The molecule has 0 spiro atoms. The first-order chi connectivity index (χ1) is 9.53. The fraction of sp³-hybridized carbons (Fsp3) is 0.529. The summed E-state index contributed by atoms with van der Waals surface area (Å²) in [5.74, 6) is -0.964. The highest BCUT2D eigenvalue weighted by Crippen LogP contribution is 2.18. The summed E-state index contributed by atoms with van der Waals surface area (Å²) in [6.07, 6.45) is 0. The number of carbonyl (C=O) groups excluding carboxylic acids is 2. The van der Waals surface area contributed by atoms with Gasteiger partial charge in [0.1, 0.15) is 11.1 Å². The molecule has 116 valence electrons. The number of hydrogen-bond donors (Lipinski definition) is 1. The smallest absolute Gasteiger partial charge is 0.331 e. The van der Waals surface area contributed by atoms with Gasteiger partial charge in [0.25, 0.3) is 0 Å². The third kappa shape index (κ3) is 5.21. The summed E-state index contributed by atoms with van der Waals surface area (Å²) in [4.78, 5) is 24.4. The molecule has 1 rings (SSSR count). The fourth-order valence-electron chi connectivity index (χ4n) is 1.77. The maximum atomic E-state index is 12.3. The zero-order chi connectivity index (χ0) is 16.3. The predicted octanol–water partition coefficient (Wildman–Crippen LogP) is 3.03. The van der Waals surface area contributed by atoms with E-state index < -0.39 is 17.1 Å². The number of carbonyl (C=O) groups is 2. The minimum atomic E-state index is -1.06. The van der Waals surface area contributed by atoms with E-state index in [1.807, 2.05) is 37.3 Å². The van der Waals surface area contributed by atoms with Crippen LogP contribution in [-0.4, -0.2) is 23.0 Å². The molecule has 0 radical (unpaired) electrons. The molecular formula is C17H25NO3. The molecule has 0 saturated carbocycles. The largest absolute Gasteiger partial charge is 0.458 e. The monoisotopic (exact) mass is 291 g/mol. The number of nitrogens with one attached hydrogen (secondary N) is 1. The quantitative estimate of drug-likeness (QED) is 0.868. The first kappa shape index (κ1) is 17.2. The molecule has 0 aliphatic heterocycles. The normalized spacial score (nSPS) is 13.4. The zero-order valence-corrected chi connectivity index (χ0v) is 13.7. The number of benzene rings is 1. The van der Waals surface area contributed by atoms with E-state index in [-0.39, 0.29) is 11.8 Å². The molecule has 4 nitrogen and oxygen atoms in total. The lowest BCUT2D eigenvalue weighted by Crippen LogP contribution is -2.53. The molecule has 4 heteroatoms. The molecule has 1 N–H and O–H groups in total. The van der Waals surface area contributed by atoms with Crippen molar-refractivity contribution in [2.45, 2.75) is 58.6 Å². The molecule has 0 aliphatic carbocycles. The van der Waals surface area contributed by atoms with Crippen LogP contribution in [0.15, 0.2) is 30.3 Å². The molecule has 0 aromatic heterocycles. The van der Waals surface area contributed by atoms with Gasteiger partial charge in [-0.1, -0.05) is 30.3 Å². The van der Waals surface area contributed by atoms with Crippen molar-refractivity contribution in [1.82, 2.24) is 5.32 Å². The van der Waals surface area contributed by atoms with Crippen molar-refractivity contribution in [3.05, 3.63) is 35.9 Å². The Labute approximate surface area is 126 Å². The van der Waals surface area contributed by atoms with E-state index in [0.29, 0.717) is 0 Å². The van der Waals surface area contributed by atoms with Gasteiger partial charge in [0.15, 0.2) is 0 Å². The first-order valence-electron chi connectivity index (χ1n) is 7.13. The van der Waals surface area contributed by atoms with Crippen molar-refractivity contribution in [1.29, 1.82) is 0 Å². The maximum absolute atomic E-state index is 12.3. The highest BCUT2D eigenvalue weighted by molar-refractivity contribution is 5.90. The van der Waals surface area contributed by atoms with Crippen LogP contribution in [0.25, 0.3) is 0 Å². The topological polar surface area (TPSA) is 55.4 Å². The summed E-state index contributed by atoms with van der Waals surface area (Å²) in [5, 5.41) is 2.76. The summed E-state index contributed by atoms with van der Waals surface area (Å²) >= 11 is 0. The van der Waals surface area contributed by atoms with Crippen LogP contribution in [0.2, 0.25) is 0 Å². The Hall–Kier alpha value is -1.84. The summed E-state index contributed by atoms with van der Waals surface area (Å²) < 4.78 is 5.34. The van der Waals surface area contributed by atoms with Crippen molar-refractivity contribution in [3.63, 3.8) is 0 Å². The molecule has 0 heterocycles. The van der Waals surface area contributed by atoms with Gasteiger partial charge < -0.3 is 10.1 Å². The standard InChI is InChI=1S/C17H25NO3/c1-12(13-10-8-7-9-11-13)14(19)18-17(5,6)15(20)21-16(2,3)4/h7-12H,1-6H3,(H,18,19). The lowest BCUT2D eigenvalue weighted by Gasteiger charge is -2.30. The second-order valence-corrected chi connectivity index (χ2v) is 6.75. The Kier molecular flexibility index (Phi) is 5.15. The van der Waals surface area contributed by atoms with Gasteiger partial charge >= 0.3 is 5.97 Å². The zero-order valence-electron chi connectivity index (χ0n) is 13.7. The van der Waals surface area contributed by atoms with Crippen molar-refractivity contribution >= 4 is 11.9 Å². The van der Waals surface area contributed by atoms with Crippen molar-refractivity contribution in [2.24, 2.45) is 0 Å². The lowest BCUT2D eigenvalue weighted by atomic mass is 9.98. The molecule has 0 aliphatic rings. The Bertz CT molecular complexity index is 501. The van der Waals surface area contributed by atoms with Gasteiger partial charge in [-0.2, -0.15) is 0 Å². The number of amides is 1. The molecule has 0 bridgehead atoms. The minimum absolute atomic E-state index is 0.197. The maximum Gasteiger partial charge on any atom is 0.331 e. The molecule has 1 aromatic rings. The second kappa shape index (κ2) is 6.29. The van der Waals surface area contributed by atoms with Gasteiger partial charge in [0.2, 0.25) is 5.91 Å². The number of rotatable bonds is 4. The van der Waals surface area contributed by atoms with Crippen molar-refractivity contribution < 1.29 is 14.3 Å². The molecule has 1 atom stereocenters. The lowest BCUT2D eigenvalue weighted by molar-refractivity contribution is -0.163. The fourth-order valence-corrected chi connectivity index (χ4v) is 1.77. The highest BCUT2D eigenvalue weighted by atomic mass is 16.6. The molecule has 1 aromatic carbocycles. The van der Waals surface area contributed by atoms with Gasteiger partial charge in [-0.15, -0.1) is 0 Å². The van der Waals surface area contributed by atoms with E-state index in [9.17, 15) is 9.59 Å². The van der Waals surface area contributed by atoms with Crippen molar-refractivity contribution in [2.75, 3.05) is 0 Å². The third-order valence-electron chi connectivity index (χ3n) is 3.04. The van der Waals surface area contributed by atoms with E-state index in [4.69, 9.17) is 4.74 Å². The van der Waals surface area contributed by atoms with Crippen LogP contribution < -0.4 is 5.32 Å². The summed E-state index contributed by atoms with van der Waals surface area (Å²) in [6.45, 7) is 10.5. The number of ether oxygens (including phenoxy) is 1. The van der Waals surface area contributed by atoms with Gasteiger partial charge in [-0.05, 0) is 47.1 Å². The van der Waals surface area contributed by atoms with E-state index in [0.717, 1.165) is 5.56 Å². The van der Waals surface area contributed by atoms with Crippen LogP contribution >= 0.6 is 0 Å². The van der Waals surface area contributed by atoms with Gasteiger partial charge in [0, 0.05) is 0 Å². The SMILES string of the molecule is CC(C(=O)NC(C)(C)C(=O)OC(C)(C)C)c1ccccc1. The van der Waals surface area contributed by atoms with E-state index >= 15 is 0 Å². The Balaban J connectivity index is 2.75. The summed E-state index contributed by atoms with van der Waals surface area (Å²) in [6, 6.07) is 9.46.